The molecule has 0 aromatic heterocycles. The molecule has 0 bridgehead atoms. The molecule has 0 atom stereocenters. The number of unbranched alkanes of at least 4 members (excludes halogenated alkanes) is 30. The van der Waals surface area contributed by atoms with Crippen molar-refractivity contribution in [1.29, 1.82) is 0 Å². The number of hydrogen-bond donors (Lipinski definition) is 0. The van der Waals surface area contributed by atoms with Crippen molar-refractivity contribution in [3.8, 4) is 0 Å². The summed E-state index contributed by atoms with van der Waals surface area (Å²) in [4.78, 5) is 41.8. The maximum Gasteiger partial charge on any atom is 4.00 e. The summed E-state index contributed by atoms with van der Waals surface area (Å²) >= 11 is 0. The van der Waals surface area contributed by atoms with Crippen LogP contribution in [0, 0.1) is 39.9 Å². The Labute approximate surface area is 313 Å². The first-order chi connectivity index (χ1) is 21.1. The third kappa shape index (κ3) is 55.3. The van der Waals surface area contributed by atoms with Gasteiger partial charge in [0.25, 0.3) is 0 Å². The van der Waals surface area contributed by atoms with Crippen molar-refractivity contribution in [2.75, 3.05) is 12.3 Å². The minimum atomic E-state index is -4.25. The van der Waals surface area contributed by atoms with Crippen molar-refractivity contribution in [1.82, 2.24) is 0 Å². The second kappa shape index (κ2) is 40.1. The summed E-state index contributed by atoms with van der Waals surface area (Å²) in [7, 11) is -8.51. The van der Waals surface area contributed by atoms with Crippen LogP contribution in [-0.4, -0.2) is 12.3 Å². The van der Waals surface area contributed by atoms with E-state index in [2.05, 4.69) is 13.8 Å². The molecule has 0 saturated heterocycles. The first kappa shape index (κ1) is 51.0. The predicted molar refractivity (Wildman–Crippen MR) is 184 cm³/mol. The average Bonchev–Trinajstić information content (AvgIpc) is 2.96. The Bertz CT molecular complexity index is 587. The largest absolute Gasteiger partial charge is 4.00 e. The molecule has 0 N–H and O–H groups in total. The summed E-state index contributed by atoms with van der Waals surface area (Å²) in [5.74, 6) is 0. The number of hydrogen-bond acceptors (Lipinski definition) is 6. The maximum atomic E-state index is 10.5. The molecule has 0 radical (unpaired) electrons. The van der Waals surface area contributed by atoms with Gasteiger partial charge in [-0.25, -0.2) is 0 Å². The topological polar surface area (TPSA) is 126 Å². The van der Waals surface area contributed by atoms with E-state index in [4.69, 9.17) is 0 Å². The van der Waals surface area contributed by atoms with Crippen molar-refractivity contribution < 1.29 is 68.6 Å². The summed E-state index contributed by atoms with van der Waals surface area (Å²) in [5.41, 5.74) is 0. The molecule has 6 nitrogen and oxygen atoms in total. The monoisotopic (exact) mass is 897 g/mol. The first-order valence-corrected chi connectivity index (χ1v) is 22.6. The van der Waals surface area contributed by atoms with Gasteiger partial charge in [-0.1, -0.05) is 222 Å². The molecule has 0 saturated carbocycles. The van der Waals surface area contributed by atoms with Gasteiger partial charge in [-0.3, -0.25) is 0 Å². The Kier molecular flexibility index (Phi) is 45.4. The molecule has 268 valence electrons. The molecule has 0 heterocycles. The second-order valence-electron chi connectivity index (χ2n) is 13.3. The van der Waals surface area contributed by atoms with Crippen molar-refractivity contribution >= 4 is 15.2 Å². The SMILES string of the molecule is CCCCCCCCCCCCCCCCCCP(=O)([O-])[O-].CCCCCCCCCCCCCCCCCCP(=O)([O-])[O-].[Th+4]. The van der Waals surface area contributed by atoms with Gasteiger partial charge in [-0.15, -0.1) is 0 Å². The van der Waals surface area contributed by atoms with Crippen LogP contribution in [0.5, 0.6) is 0 Å². The van der Waals surface area contributed by atoms with E-state index in [1.54, 1.807) is 0 Å². The van der Waals surface area contributed by atoms with Crippen LogP contribution in [0.1, 0.15) is 219 Å². The normalized spacial score (nSPS) is 11.7. The molecule has 0 rings (SSSR count). The molecule has 9 heteroatoms. The fourth-order valence-electron chi connectivity index (χ4n) is 5.71. The molecular weight excluding hydrogens is 822 g/mol. The molecule has 0 aliphatic heterocycles. The van der Waals surface area contributed by atoms with Gasteiger partial charge in [-0.05, 0) is 25.2 Å². The fraction of sp³-hybridized carbons (Fsp3) is 1.00. The maximum absolute atomic E-state index is 10.5. The molecule has 0 aromatic rings. The van der Waals surface area contributed by atoms with Crippen LogP contribution in [0.15, 0.2) is 0 Å². The van der Waals surface area contributed by atoms with E-state index in [1.807, 2.05) is 0 Å². The zero-order chi connectivity index (χ0) is 33.0. The molecular formula is C36H74O6P2Th. The van der Waals surface area contributed by atoms with E-state index in [-0.39, 0.29) is 52.3 Å². The van der Waals surface area contributed by atoms with Gasteiger partial charge in [-0.2, -0.15) is 0 Å². The minimum Gasteiger partial charge on any atom is -0.811 e. The minimum absolute atomic E-state index is 0. The average molecular weight is 897 g/mol. The van der Waals surface area contributed by atoms with E-state index < -0.39 is 15.2 Å². The zero-order valence-electron chi connectivity index (χ0n) is 29.9. The van der Waals surface area contributed by atoms with Crippen LogP contribution in [0.2, 0.25) is 0 Å². The van der Waals surface area contributed by atoms with Crippen molar-refractivity contribution in [2.24, 2.45) is 0 Å². The number of rotatable bonds is 34. The van der Waals surface area contributed by atoms with E-state index in [0.29, 0.717) is 12.8 Å². The van der Waals surface area contributed by atoms with Crippen LogP contribution in [0.25, 0.3) is 0 Å². The summed E-state index contributed by atoms with van der Waals surface area (Å²) in [6, 6.07) is 0. The molecule has 0 aliphatic carbocycles. The molecule has 0 fully saturated rings. The Morgan fingerprint density at radius 1 is 0.289 bits per heavy atom. The van der Waals surface area contributed by atoms with Gasteiger partial charge in [0.05, 0.1) is 0 Å². The quantitative estimate of drug-likeness (QED) is 0.0468. The van der Waals surface area contributed by atoms with Crippen LogP contribution in [0.4, 0.5) is 0 Å². The molecule has 0 amide bonds. The standard InChI is InChI=1S/2C18H39O3P.Th/c2*1-2-3-4-5-6-7-8-9-10-11-12-13-14-15-16-17-18-22(19,20)21;/h2*2-18H2,1H3,(H2,19,20,21);/q;;+4/p-4. The van der Waals surface area contributed by atoms with Gasteiger partial charge >= 0.3 is 39.9 Å². The summed E-state index contributed by atoms with van der Waals surface area (Å²) in [5, 5.41) is 0. The van der Waals surface area contributed by atoms with Crippen LogP contribution in [-0.2, 0) is 9.13 Å². The van der Waals surface area contributed by atoms with Crippen LogP contribution >= 0.6 is 15.2 Å². The van der Waals surface area contributed by atoms with Gasteiger partial charge in [0.1, 0.15) is 0 Å². The van der Waals surface area contributed by atoms with Crippen molar-refractivity contribution in [2.45, 2.75) is 219 Å². The van der Waals surface area contributed by atoms with Crippen LogP contribution < -0.4 is 19.6 Å². The molecule has 0 aromatic carbocycles. The Morgan fingerprint density at radius 3 is 0.556 bits per heavy atom. The second-order valence-corrected chi connectivity index (χ2v) is 16.6. The summed E-state index contributed by atoms with van der Waals surface area (Å²) < 4.78 is 20.9. The Balaban J connectivity index is -0.000000767. The van der Waals surface area contributed by atoms with E-state index in [9.17, 15) is 28.7 Å². The van der Waals surface area contributed by atoms with Gasteiger partial charge in [0, 0.05) is 0 Å². The summed E-state index contributed by atoms with van der Waals surface area (Å²) in [6.45, 7) is 4.52. The Hall–Kier alpha value is 1.62. The fourth-order valence-corrected chi connectivity index (χ4v) is 6.93. The molecule has 0 spiro atoms. The van der Waals surface area contributed by atoms with E-state index >= 15 is 0 Å². The molecule has 0 aliphatic rings. The smallest absolute Gasteiger partial charge is 0.811 e. The van der Waals surface area contributed by atoms with Crippen molar-refractivity contribution in [3.05, 3.63) is 0 Å². The van der Waals surface area contributed by atoms with Crippen LogP contribution in [0.3, 0.4) is 0 Å². The summed E-state index contributed by atoms with van der Waals surface area (Å²) in [6.07, 6.45) is 39.9. The third-order valence-corrected chi connectivity index (χ3v) is 10.3. The Morgan fingerprint density at radius 2 is 0.422 bits per heavy atom. The first-order valence-electron chi connectivity index (χ1n) is 19.1. The van der Waals surface area contributed by atoms with Crippen molar-refractivity contribution in [3.63, 3.8) is 0 Å². The van der Waals surface area contributed by atoms with E-state index in [1.165, 1.54) is 167 Å². The van der Waals surface area contributed by atoms with E-state index in [0.717, 1.165) is 25.7 Å². The van der Waals surface area contributed by atoms with Gasteiger partial charge in [0.15, 0.2) is 0 Å². The third-order valence-electron chi connectivity index (χ3n) is 8.57. The van der Waals surface area contributed by atoms with Gasteiger partial charge in [0.2, 0.25) is 0 Å². The molecule has 0 unspecified atom stereocenters. The zero-order valence-corrected chi connectivity index (χ0v) is 35.8. The molecule has 45 heavy (non-hydrogen) atoms. The van der Waals surface area contributed by atoms with Gasteiger partial charge < -0.3 is 28.7 Å². The predicted octanol–water partition coefficient (Wildman–Crippen LogP) is 10.3.